The summed E-state index contributed by atoms with van der Waals surface area (Å²) in [5.74, 6) is 1.50. The number of esters is 1. The van der Waals surface area contributed by atoms with Crippen molar-refractivity contribution < 1.29 is 19.0 Å². The highest BCUT2D eigenvalue weighted by atomic mass is 79.9. The van der Waals surface area contributed by atoms with Crippen molar-refractivity contribution in [2.45, 2.75) is 32.6 Å². The van der Waals surface area contributed by atoms with E-state index in [9.17, 15) is 4.79 Å². The number of unbranched alkanes of at least 4 members (excludes halogenated alkanes) is 3. The van der Waals surface area contributed by atoms with Crippen molar-refractivity contribution >= 4 is 21.9 Å². The van der Waals surface area contributed by atoms with Gasteiger partial charge in [-0.15, -0.1) is 0 Å². The van der Waals surface area contributed by atoms with Gasteiger partial charge in [-0.1, -0.05) is 26.2 Å². The topological polar surface area (TPSA) is 44.8 Å². The van der Waals surface area contributed by atoms with Crippen molar-refractivity contribution in [3.05, 3.63) is 52.5 Å². The summed E-state index contributed by atoms with van der Waals surface area (Å²) in [5.41, 5.74) is 0.459. The van der Waals surface area contributed by atoms with Crippen molar-refractivity contribution in [2.24, 2.45) is 0 Å². The van der Waals surface area contributed by atoms with E-state index < -0.39 is 5.97 Å². The zero-order valence-electron chi connectivity index (χ0n) is 14.6. The first-order valence-electron chi connectivity index (χ1n) is 8.42. The molecule has 0 unspecified atom stereocenters. The Kier molecular flexibility index (Phi) is 7.79. The maximum absolute atomic E-state index is 12.2. The summed E-state index contributed by atoms with van der Waals surface area (Å²) in [5, 5.41) is 0. The lowest BCUT2D eigenvalue weighted by Crippen LogP contribution is -2.08. The third-order valence-electron chi connectivity index (χ3n) is 3.69. The van der Waals surface area contributed by atoms with Gasteiger partial charge in [0.25, 0.3) is 0 Å². The van der Waals surface area contributed by atoms with E-state index in [1.165, 1.54) is 19.3 Å². The number of carbonyl (C=O) groups excluding carboxylic acids is 1. The first-order valence-corrected chi connectivity index (χ1v) is 9.22. The Morgan fingerprint density at radius 2 is 1.72 bits per heavy atom. The normalized spacial score (nSPS) is 10.4. The van der Waals surface area contributed by atoms with Crippen molar-refractivity contribution in [1.29, 1.82) is 0 Å². The molecule has 0 aliphatic rings. The monoisotopic (exact) mass is 406 g/mol. The van der Waals surface area contributed by atoms with Crippen LogP contribution < -0.4 is 14.2 Å². The molecular formula is C20H23BrO4. The summed E-state index contributed by atoms with van der Waals surface area (Å²) in [6.45, 7) is 2.86. The summed E-state index contributed by atoms with van der Waals surface area (Å²) in [6.07, 6.45) is 4.62. The fraction of sp³-hybridized carbons (Fsp3) is 0.350. The van der Waals surface area contributed by atoms with Gasteiger partial charge in [-0.2, -0.15) is 0 Å². The lowest BCUT2D eigenvalue weighted by Gasteiger charge is -2.10. The third-order valence-corrected chi connectivity index (χ3v) is 4.31. The smallest absolute Gasteiger partial charge is 0.343 e. The number of benzene rings is 2. The van der Waals surface area contributed by atoms with E-state index in [2.05, 4.69) is 22.9 Å². The molecule has 2 rings (SSSR count). The van der Waals surface area contributed by atoms with Crippen LogP contribution in [0.15, 0.2) is 46.9 Å². The van der Waals surface area contributed by atoms with E-state index >= 15 is 0 Å². The van der Waals surface area contributed by atoms with Crippen molar-refractivity contribution in [2.75, 3.05) is 13.7 Å². The maximum atomic E-state index is 12.2. The number of carbonyl (C=O) groups is 1. The molecule has 0 spiro atoms. The minimum atomic E-state index is -0.416. The van der Waals surface area contributed by atoms with Crippen LogP contribution in [-0.4, -0.2) is 19.7 Å². The molecule has 25 heavy (non-hydrogen) atoms. The number of hydrogen-bond donors (Lipinski definition) is 0. The van der Waals surface area contributed by atoms with Gasteiger partial charge in [0.1, 0.15) is 17.2 Å². The lowest BCUT2D eigenvalue weighted by molar-refractivity contribution is 0.0734. The van der Waals surface area contributed by atoms with E-state index in [1.54, 1.807) is 49.6 Å². The quantitative estimate of drug-likeness (QED) is 0.307. The second-order valence-corrected chi connectivity index (χ2v) is 6.47. The van der Waals surface area contributed by atoms with Gasteiger partial charge in [-0.05, 0) is 64.8 Å². The van der Waals surface area contributed by atoms with Gasteiger partial charge in [0, 0.05) is 0 Å². The van der Waals surface area contributed by atoms with Crippen LogP contribution in [0.2, 0.25) is 0 Å². The molecule has 4 nitrogen and oxygen atoms in total. The molecule has 0 atom stereocenters. The van der Waals surface area contributed by atoms with Gasteiger partial charge in [-0.25, -0.2) is 4.79 Å². The molecular weight excluding hydrogens is 384 g/mol. The largest absolute Gasteiger partial charge is 0.497 e. The van der Waals surface area contributed by atoms with Crippen LogP contribution in [0.1, 0.15) is 43.0 Å². The lowest BCUT2D eigenvalue weighted by atomic mass is 10.2. The standard InChI is InChI=1S/C20H23BrO4/c1-3-4-5-6-13-24-19-12-7-15(14-18(19)21)20(22)25-17-10-8-16(23-2)9-11-17/h7-12,14H,3-6,13H2,1-2H3. The first kappa shape index (κ1) is 19.3. The van der Waals surface area contributed by atoms with Crippen LogP contribution in [0, 0.1) is 0 Å². The highest BCUT2D eigenvalue weighted by Gasteiger charge is 2.12. The van der Waals surface area contributed by atoms with E-state index in [4.69, 9.17) is 14.2 Å². The Morgan fingerprint density at radius 1 is 1.00 bits per heavy atom. The zero-order valence-corrected chi connectivity index (χ0v) is 16.2. The summed E-state index contributed by atoms with van der Waals surface area (Å²) >= 11 is 3.45. The van der Waals surface area contributed by atoms with Crippen molar-refractivity contribution in [3.63, 3.8) is 0 Å². The average molecular weight is 407 g/mol. The zero-order chi connectivity index (χ0) is 18.1. The Morgan fingerprint density at radius 3 is 2.36 bits per heavy atom. The fourth-order valence-corrected chi connectivity index (χ4v) is 2.76. The molecule has 2 aromatic carbocycles. The molecule has 0 saturated carbocycles. The molecule has 0 aliphatic carbocycles. The van der Waals surface area contributed by atoms with Crippen molar-refractivity contribution in [3.8, 4) is 17.2 Å². The Labute approximate surface area is 157 Å². The van der Waals surface area contributed by atoms with Crippen LogP contribution >= 0.6 is 15.9 Å². The van der Waals surface area contributed by atoms with Gasteiger partial charge in [0.2, 0.25) is 0 Å². The molecule has 0 N–H and O–H groups in total. The van der Waals surface area contributed by atoms with Crippen LogP contribution in [0.4, 0.5) is 0 Å². The second-order valence-electron chi connectivity index (χ2n) is 5.62. The third kappa shape index (κ3) is 6.09. The molecule has 5 heteroatoms. The molecule has 0 saturated heterocycles. The van der Waals surface area contributed by atoms with Crippen LogP contribution in [0.5, 0.6) is 17.2 Å². The van der Waals surface area contributed by atoms with Crippen LogP contribution in [0.3, 0.4) is 0 Å². The fourth-order valence-electron chi connectivity index (χ4n) is 2.27. The molecule has 0 fully saturated rings. The van der Waals surface area contributed by atoms with Crippen LogP contribution in [-0.2, 0) is 0 Å². The second kappa shape index (κ2) is 10.1. The highest BCUT2D eigenvalue weighted by molar-refractivity contribution is 9.10. The van der Waals surface area contributed by atoms with Crippen molar-refractivity contribution in [1.82, 2.24) is 0 Å². The number of halogens is 1. The van der Waals surface area contributed by atoms with E-state index in [0.717, 1.165) is 16.6 Å². The molecule has 0 aromatic heterocycles. The maximum Gasteiger partial charge on any atom is 0.343 e. The van der Waals surface area contributed by atoms with Crippen LogP contribution in [0.25, 0.3) is 0 Å². The minimum absolute atomic E-state index is 0.416. The summed E-state index contributed by atoms with van der Waals surface area (Å²) in [6, 6.07) is 12.1. The molecule has 0 aliphatic heterocycles. The number of methoxy groups -OCH3 is 1. The SMILES string of the molecule is CCCCCCOc1ccc(C(=O)Oc2ccc(OC)cc2)cc1Br. The molecule has 0 amide bonds. The first-order chi connectivity index (χ1) is 12.1. The van der Waals surface area contributed by atoms with E-state index in [0.29, 0.717) is 23.7 Å². The highest BCUT2D eigenvalue weighted by Crippen LogP contribution is 2.27. The van der Waals surface area contributed by atoms with E-state index in [-0.39, 0.29) is 0 Å². The Bertz CT molecular complexity index is 683. The predicted molar refractivity (Wildman–Crippen MR) is 102 cm³/mol. The molecule has 134 valence electrons. The number of ether oxygens (including phenoxy) is 3. The van der Waals surface area contributed by atoms with Gasteiger partial charge in [0.15, 0.2) is 0 Å². The summed E-state index contributed by atoms with van der Waals surface area (Å²) in [4.78, 5) is 12.2. The number of rotatable bonds is 9. The minimum Gasteiger partial charge on any atom is -0.497 e. The Balaban J connectivity index is 1.92. The van der Waals surface area contributed by atoms with Gasteiger partial charge in [0.05, 0.1) is 23.8 Å². The molecule has 0 heterocycles. The Hall–Kier alpha value is -2.01. The van der Waals surface area contributed by atoms with Gasteiger partial charge < -0.3 is 14.2 Å². The summed E-state index contributed by atoms with van der Waals surface area (Å²) in [7, 11) is 1.59. The molecule has 2 aromatic rings. The van der Waals surface area contributed by atoms with Gasteiger partial charge >= 0.3 is 5.97 Å². The van der Waals surface area contributed by atoms with E-state index in [1.807, 2.05) is 0 Å². The summed E-state index contributed by atoms with van der Waals surface area (Å²) < 4.78 is 16.9. The predicted octanol–water partition coefficient (Wildman–Crippen LogP) is 5.64. The van der Waals surface area contributed by atoms with Gasteiger partial charge in [-0.3, -0.25) is 0 Å². The number of hydrogen-bond acceptors (Lipinski definition) is 4. The molecule has 0 bridgehead atoms. The molecule has 0 radical (unpaired) electrons. The average Bonchev–Trinajstić information content (AvgIpc) is 2.63.